The number of carbonyl (C=O) groups is 2. The van der Waals surface area contributed by atoms with Crippen LogP contribution in [-0.2, 0) is 9.59 Å². The smallest absolute Gasteiger partial charge is 0.303 e. The molecule has 0 aliphatic heterocycles. The molecule has 3 unspecified atom stereocenters. The third kappa shape index (κ3) is 8.63. The molecule has 0 radical (unpaired) electrons. The number of aliphatic hydroxyl groups is 2. The molecule has 5 nitrogen and oxygen atoms in total. The Balaban J connectivity index is 2.39. The van der Waals surface area contributed by atoms with Crippen molar-refractivity contribution in [2.45, 2.75) is 89.8 Å². The van der Waals surface area contributed by atoms with E-state index in [-0.39, 0.29) is 30.5 Å². The Kier molecular flexibility index (Phi) is 10.7. The van der Waals surface area contributed by atoms with Crippen LogP contribution in [0.4, 0.5) is 0 Å². The number of ketones is 1. The minimum absolute atomic E-state index is 0.105. The van der Waals surface area contributed by atoms with Crippen LogP contribution in [0.2, 0.25) is 0 Å². The van der Waals surface area contributed by atoms with Crippen molar-refractivity contribution in [1.82, 2.24) is 0 Å². The molecular formula is C20H34O5. The van der Waals surface area contributed by atoms with Crippen molar-refractivity contribution in [3.8, 4) is 0 Å². The molecule has 4 atom stereocenters. The van der Waals surface area contributed by atoms with Crippen LogP contribution in [0.1, 0.15) is 77.6 Å². The number of aliphatic hydroxyl groups excluding tert-OH is 2. The lowest BCUT2D eigenvalue weighted by molar-refractivity contribution is -0.137. The molecule has 5 heteroatoms. The molecule has 0 saturated heterocycles. The average Bonchev–Trinajstić information content (AvgIpc) is 2.82. The fraction of sp³-hybridized carbons (Fsp3) is 0.800. The van der Waals surface area contributed by atoms with E-state index in [1.807, 2.05) is 6.08 Å². The minimum atomic E-state index is -0.767. The highest BCUT2D eigenvalue weighted by Gasteiger charge is 2.39. The minimum Gasteiger partial charge on any atom is -0.481 e. The van der Waals surface area contributed by atoms with Crippen LogP contribution in [0.15, 0.2) is 12.2 Å². The van der Waals surface area contributed by atoms with E-state index in [1.54, 1.807) is 6.08 Å². The highest BCUT2D eigenvalue weighted by atomic mass is 16.4. The molecule has 1 rings (SSSR count). The predicted molar refractivity (Wildman–Crippen MR) is 97.2 cm³/mol. The van der Waals surface area contributed by atoms with Gasteiger partial charge in [-0.1, -0.05) is 57.6 Å². The van der Waals surface area contributed by atoms with Gasteiger partial charge in [0.15, 0.2) is 0 Å². The summed E-state index contributed by atoms with van der Waals surface area (Å²) in [5, 5.41) is 28.7. The van der Waals surface area contributed by atoms with E-state index in [2.05, 4.69) is 6.92 Å². The summed E-state index contributed by atoms with van der Waals surface area (Å²) in [4.78, 5) is 22.6. The van der Waals surface area contributed by atoms with Crippen LogP contribution in [0.5, 0.6) is 0 Å². The van der Waals surface area contributed by atoms with Crippen molar-refractivity contribution in [3.05, 3.63) is 12.2 Å². The zero-order chi connectivity index (χ0) is 18.7. The normalized spacial score (nSPS) is 24.9. The predicted octanol–water partition coefficient (Wildman–Crippen LogP) is 3.48. The highest BCUT2D eigenvalue weighted by Crippen LogP contribution is 2.34. The fourth-order valence-corrected chi connectivity index (χ4v) is 3.54. The van der Waals surface area contributed by atoms with Crippen molar-refractivity contribution in [3.63, 3.8) is 0 Å². The first-order chi connectivity index (χ1) is 12.0. The van der Waals surface area contributed by atoms with Gasteiger partial charge in [-0.2, -0.15) is 0 Å². The lowest BCUT2D eigenvalue weighted by Crippen LogP contribution is -2.19. The van der Waals surface area contributed by atoms with Gasteiger partial charge in [-0.25, -0.2) is 0 Å². The number of unbranched alkanes of at least 4 members (excludes halogenated alkanes) is 5. The van der Waals surface area contributed by atoms with Crippen molar-refractivity contribution in [2.75, 3.05) is 0 Å². The van der Waals surface area contributed by atoms with Gasteiger partial charge in [0.25, 0.3) is 0 Å². The number of carbonyl (C=O) groups excluding carboxylic acids is 1. The van der Waals surface area contributed by atoms with Crippen LogP contribution in [0.3, 0.4) is 0 Å². The molecule has 25 heavy (non-hydrogen) atoms. The number of aliphatic carboxylic acids is 1. The molecule has 0 spiro atoms. The molecule has 0 bridgehead atoms. The number of hydrogen-bond donors (Lipinski definition) is 3. The number of carboxylic acids is 1. The summed E-state index contributed by atoms with van der Waals surface area (Å²) in [5.41, 5.74) is 0. The topological polar surface area (TPSA) is 94.8 Å². The van der Waals surface area contributed by atoms with E-state index >= 15 is 0 Å². The van der Waals surface area contributed by atoms with Gasteiger partial charge in [0.1, 0.15) is 5.78 Å². The van der Waals surface area contributed by atoms with E-state index in [0.29, 0.717) is 6.42 Å². The number of carboxylic acid groups (broad SMARTS) is 1. The second-order valence-electron chi connectivity index (χ2n) is 7.22. The van der Waals surface area contributed by atoms with Crippen LogP contribution in [0, 0.1) is 11.8 Å². The highest BCUT2D eigenvalue weighted by molar-refractivity contribution is 5.84. The standard InChI is InChI=1S/C20H34O5/c1-2-3-6-9-15(21)12-13-17-16(18(22)14-19(17)23)10-7-4-5-8-11-20(24)25/h12-13,15-17,19,21,23H,2-11,14H2,1H3,(H,24,25)/t15?,16?,17-,19?/m1/s1. The van der Waals surface area contributed by atoms with Gasteiger partial charge < -0.3 is 15.3 Å². The summed E-state index contributed by atoms with van der Waals surface area (Å²) >= 11 is 0. The van der Waals surface area contributed by atoms with Gasteiger partial charge in [-0.05, 0) is 19.3 Å². The summed E-state index contributed by atoms with van der Waals surface area (Å²) in [6.45, 7) is 2.12. The van der Waals surface area contributed by atoms with Crippen LogP contribution in [-0.4, -0.2) is 39.3 Å². The lowest BCUT2D eigenvalue weighted by atomic mass is 9.88. The summed E-state index contributed by atoms with van der Waals surface area (Å²) in [6, 6.07) is 0. The Morgan fingerprint density at radius 2 is 1.92 bits per heavy atom. The molecule has 0 amide bonds. The van der Waals surface area contributed by atoms with Crippen molar-refractivity contribution in [2.24, 2.45) is 11.8 Å². The Morgan fingerprint density at radius 1 is 1.20 bits per heavy atom. The summed E-state index contributed by atoms with van der Waals surface area (Å²) in [6.07, 6.45) is 10.7. The number of hydrogen-bond acceptors (Lipinski definition) is 4. The van der Waals surface area contributed by atoms with E-state index in [9.17, 15) is 19.8 Å². The maximum atomic E-state index is 12.1. The molecule has 1 aliphatic rings. The van der Waals surface area contributed by atoms with Gasteiger partial charge in [0, 0.05) is 24.7 Å². The van der Waals surface area contributed by atoms with E-state index < -0.39 is 18.2 Å². The van der Waals surface area contributed by atoms with Crippen LogP contribution >= 0.6 is 0 Å². The molecule has 1 aliphatic carbocycles. The maximum Gasteiger partial charge on any atom is 0.303 e. The molecule has 0 aromatic heterocycles. The second-order valence-corrected chi connectivity index (χ2v) is 7.22. The fourth-order valence-electron chi connectivity index (χ4n) is 3.54. The quantitative estimate of drug-likeness (QED) is 0.348. The summed E-state index contributed by atoms with van der Waals surface area (Å²) in [5.74, 6) is -1.04. The Morgan fingerprint density at radius 3 is 2.60 bits per heavy atom. The van der Waals surface area contributed by atoms with Crippen LogP contribution < -0.4 is 0 Å². The van der Waals surface area contributed by atoms with Gasteiger partial charge in [0.05, 0.1) is 12.2 Å². The molecule has 3 N–H and O–H groups in total. The monoisotopic (exact) mass is 354 g/mol. The Labute approximate surface area is 151 Å². The average molecular weight is 354 g/mol. The molecule has 0 heterocycles. The summed E-state index contributed by atoms with van der Waals surface area (Å²) in [7, 11) is 0. The van der Waals surface area contributed by atoms with Crippen LogP contribution in [0.25, 0.3) is 0 Å². The van der Waals surface area contributed by atoms with E-state index in [0.717, 1.165) is 51.4 Å². The zero-order valence-corrected chi connectivity index (χ0v) is 15.4. The van der Waals surface area contributed by atoms with Gasteiger partial charge in [0.2, 0.25) is 0 Å². The Hall–Kier alpha value is -1.20. The van der Waals surface area contributed by atoms with Gasteiger partial charge in [-0.3, -0.25) is 9.59 Å². The molecular weight excluding hydrogens is 320 g/mol. The SMILES string of the molecule is CCCCCC(O)C=C[C@H]1C(O)CC(=O)C1CCCCCCC(=O)O. The first kappa shape index (κ1) is 21.8. The largest absolute Gasteiger partial charge is 0.481 e. The zero-order valence-electron chi connectivity index (χ0n) is 15.4. The number of Topliss-reactive ketones (excluding diaryl/α,β-unsaturated/α-hetero) is 1. The Bertz CT molecular complexity index is 432. The molecule has 1 saturated carbocycles. The lowest BCUT2D eigenvalue weighted by Gasteiger charge is -2.18. The third-order valence-electron chi connectivity index (χ3n) is 5.05. The summed E-state index contributed by atoms with van der Waals surface area (Å²) < 4.78 is 0. The second kappa shape index (κ2) is 12.2. The van der Waals surface area contributed by atoms with Crippen molar-refractivity contribution >= 4 is 11.8 Å². The molecule has 0 aromatic carbocycles. The first-order valence-corrected chi connectivity index (χ1v) is 9.74. The van der Waals surface area contributed by atoms with Crippen molar-refractivity contribution in [1.29, 1.82) is 0 Å². The molecule has 0 aromatic rings. The third-order valence-corrected chi connectivity index (χ3v) is 5.05. The van der Waals surface area contributed by atoms with Gasteiger partial charge >= 0.3 is 5.97 Å². The van der Waals surface area contributed by atoms with Gasteiger partial charge in [-0.15, -0.1) is 0 Å². The maximum absolute atomic E-state index is 12.1. The van der Waals surface area contributed by atoms with Crippen molar-refractivity contribution < 1.29 is 24.9 Å². The first-order valence-electron chi connectivity index (χ1n) is 9.74. The van der Waals surface area contributed by atoms with E-state index in [1.165, 1.54) is 0 Å². The number of rotatable bonds is 13. The molecule has 144 valence electrons. The molecule has 1 fully saturated rings. The van der Waals surface area contributed by atoms with E-state index in [4.69, 9.17) is 5.11 Å².